The Morgan fingerprint density at radius 2 is 1.68 bits per heavy atom. The molecule has 2 heterocycles. The highest BCUT2D eigenvalue weighted by atomic mass is 16.7. The minimum absolute atomic E-state index is 0.115. The highest BCUT2D eigenvalue weighted by molar-refractivity contribution is 5.99. The molecule has 3 aromatic carbocycles. The SMILES string of the molecule is C=CCN(CC(=O)Nc1nc(-c2ccc(C)cc2)cn1-c1ccc(C)cc1)C(=O)c1ccc2c(c1)OCO2. The number of ether oxygens (including phenoxy) is 2. The summed E-state index contributed by atoms with van der Waals surface area (Å²) in [6, 6.07) is 20.9. The Morgan fingerprint density at radius 3 is 2.39 bits per heavy atom. The molecule has 0 atom stereocenters. The van der Waals surface area contributed by atoms with Gasteiger partial charge >= 0.3 is 0 Å². The summed E-state index contributed by atoms with van der Waals surface area (Å²) in [5, 5.41) is 2.90. The van der Waals surface area contributed by atoms with Crippen LogP contribution in [-0.2, 0) is 4.79 Å². The molecule has 1 aromatic heterocycles. The summed E-state index contributed by atoms with van der Waals surface area (Å²) in [6.07, 6.45) is 3.48. The molecule has 0 aliphatic carbocycles. The van der Waals surface area contributed by atoms with E-state index in [1.807, 2.05) is 73.1 Å². The zero-order chi connectivity index (χ0) is 26.6. The first-order valence-electron chi connectivity index (χ1n) is 12.2. The Balaban J connectivity index is 1.39. The molecule has 0 fully saturated rings. The summed E-state index contributed by atoms with van der Waals surface area (Å²) in [6.45, 7) is 7.92. The summed E-state index contributed by atoms with van der Waals surface area (Å²) in [7, 11) is 0. The first-order valence-corrected chi connectivity index (χ1v) is 12.2. The molecule has 8 nitrogen and oxygen atoms in total. The van der Waals surface area contributed by atoms with Crippen LogP contribution < -0.4 is 14.8 Å². The van der Waals surface area contributed by atoms with Gasteiger partial charge in [0.05, 0.1) is 5.69 Å². The minimum atomic E-state index is -0.379. The Hall–Kier alpha value is -4.85. The van der Waals surface area contributed by atoms with Crippen molar-refractivity contribution in [2.24, 2.45) is 0 Å². The van der Waals surface area contributed by atoms with Gasteiger partial charge in [-0.05, 0) is 44.2 Å². The average Bonchev–Trinajstić information content (AvgIpc) is 3.56. The van der Waals surface area contributed by atoms with Gasteiger partial charge in [0.25, 0.3) is 5.91 Å². The molecule has 0 radical (unpaired) electrons. The van der Waals surface area contributed by atoms with Gasteiger partial charge in [-0.15, -0.1) is 6.58 Å². The van der Waals surface area contributed by atoms with Crippen molar-refractivity contribution in [1.82, 2.24) is 14.5 Å². The number of rotatable bonds is 8. The summed E-state index contributed by atoms with van der Waals surface area (Å²) in [5.74, 6) is 0.754. The number of anilines is 1. The van der Waals surface area contributed by atoms with Gasteiger partial charge in [-0.25, -0.2) is 4.98 Å². The van der Waals surface area contributed by atoms with E-state index in [4.69, 9.17) is 14.5 Å². The molecule has 192 valence electrons. The molecule has 1 aliphatic heterocycles. The molecular formula is C30H28N4O4. The number of aryl methyl sites for hydroxylation is 2. The van der Waals surface area contributed by atoms with Gasteiger partial charge in [0.2, 0.25) is 18.6 Å². The fourth-order valence-electron chi connectivity index (χ4n) is 4.16. The maximum atomic E-state index is 13.2. The molecule has 4 aromatic rings. The second-order valence-corrected chi connectivity index (χ2v) is 9.11. The number of imidazole rings is 1. The van der Waals surface area contributed by atoms with E-state index < -0.39 is 0 Å². The molecule has 0 bridgehead atoms. The Bertz CT molecular complexity index is 1490. The van der Waals surface area contributed by atoms with E-state index in [0.29, 0.717) is 23.0 Å². The monoisotopic (exact) mass is 508 g/mol. The summed E-state index contributed by atoms with van der Waals surface area (Å²) in [4.78, 5) is 32.6. The molecule has 38 heavy (non-hydrogen) atoms. The van der Waals surface area contributed by atoms with E-state index in [1.54, 1.807) is 24.3 Å². The second kappa shape index (κ2) is 10.6. The van der Waals surface area contributed by atoms with Crippen molar-refractivity contribution in [2.45, 2.75) is 13.8 Å². The molecular weight excluding hydrogens is 480 g/mol. The molecule has 0 unspecified atom stereocenters. The number of nitrogens with one attached hydrogen (secondary N) is 1. The predicted octanol–water partition coefficient (Wildman–Crippen LogP) is 5.15. The Labute approximate surface area is 221 Å². The van der Waals surface area contributed by atoms with Crippen LogP contribution in [0.5, 0.6) is 11.5 Å². The van der Waals surface area contributed by atoms with Crippen molar-refractivity contribution in [3.8, 4) is 28.4 Å². The number of aromatic nitrogens is 2. The average molecular weight is 509 g/mol. The zero-order valence-electron chi connectivity index (χ0n) is 21.3. The predicted molar refractivity (Wildman–Crippen MR) is 146 cm³/mol. The van der Waals surface area contributed by atoms with Crippen molar-refractivity contribution in [3.63, 3.8) is 0 Å². The normalized spacial score (nSPS) is 11.7. The van der Waals surface area contributed by atoms with E-state index >= 15 is 0 Å². The van der Waals surface area contributed by atoms with Crippen LogP contribution in [0.25, 0.3) is 16.9 Å². The number of hydrogen-bond donors (Lipinski definition) is 1. The van der Waals surface area contributed by atoms with Gasteiger partial charge in [0.15, 0.2) is 11.5 Å². The summed E-state index contributed by atoms with van der Waals surface area (Å²) in [5.41, 5.74) is 5.18. The number of carbonyl (C=O) groups excluding carboxylic acids is 2. The van der Waals surface area contributed by atoms with E-state index in [0.717, 1.165) is 28.1 Å². The molecule has 1 aliphatic rings. The van der Waals surface area contributed by atoms with Crippen molar-refractivity contribution in [2.75, 3.05) is 25.2 Å². The van der Waals surface area contributed by atoms with Gasteiger partial charge in [-0.1, -0.05) is 53.6 Å². The first-order chi connectivity index (χ1) is 18.4. The molecule has 2 amide bonds. The minimum Gasteiger partial charge on any atom is -0.454 e. The number of carbonyl (C=O) groups is 2. The van der Waals surface area contributed by atoms with Crippen LogP contribution in [0.1, 0.15) is 21.5 Å². The zero-order valence-corrected chi connectivity index (χ0v) is 21.3. The van der Waals surface area contributed by atoms with Gasteiger partial charge in [-0.2, -0.15) is 0 Å². The third-order valence-electron chi connectivity index (χ3n) is 6.21. The third kappa shape index (κ3) is 5.29. The van der Waals surface area contributed by atoms with Crippen LogP contribution in [0.15, 0.2) is 85.6 Å². The van der Waals surface area contributed by atoms with Crippen molar-refractivity contribution in [3.05, 3.63) is 102 Å². The summed E-state index contributed by atoms with van der Waals surface area (Å²) < 4.78 is 12.6. The van der Waals surface area contributed by atoms with Crippen LogP contribution in [0.4, 0.5) is 5.95 Å². The maximum Gasteiger partial charge on any atom is 0.254 e. The van der Waals surface area contributed by atoms with Crippen LogP contribution >= 0.6 is 0 Å². The molecule has 1 N–H and O–H groups in total. The van der Waals surface area contributed by atoms with E-state index in [2.05, 4.69) is 11.9 Å². The van der Waals surface area contributed by atoms with Gasteiger partial charge < -0.3 is 14.4 Å². The second-order valence-electron chi connectivity index (χ2n) is 9.11. The smallest absolute Gasteiger partial charge is 0.254 e. The number of amides is 2. The molecule has 0 spiro atoms. The fraction of sp³-hybridized carbons (Fsp3) is 0.167. The van der Waals surface area contributed by atoms with Crippen molar-refractivity contribution >= 4 is 17.8 Å². The number of nitrogens with zero attached hydrogens (tertiary/aromatic N) is 3. The maximum absolute atomic E-state index is 13.2. The van der Waals surface area contributed by atoms with E-state index in [1.165, 1.54) is 4.90 Å². The van der Waals surface area contributed by atoms with Crippen LogP contribution in [0, 0.1) is 13.8 Å². The van der Waals surface area contributed by atoms with Crippen molar-refractivity contribution < 1.29 is 19.1 Å². The van der Waals surface area contributed by atoms with E-state index in [-0.39, 0.29) is 31.7 Å². The quantitative estimate of drug-likeness (QED) is 0.333. The number of hydrogen-bond acceptors (Lipinski definition) is 5. The topological polar surface area (TPSA) is 85.7 Å². The summed E-state index contributed by atoms with van der Waals surface area (Å²) >= 11 is 0. The lowest BCUT2D eigenvalue weighted by Gasteiger charge is -2.21. The van der Waals surface area contributed by atoms with Gasteiger partial charge in [-0.3, -0.25) is 19.5 Å². The van der Waals surface area contributed by atoms with E-state index in [9.17, 15) is 9.59 Å². The molecule has 0 saturated carbocycles. The Kier molecular flexibility index (Phi) is 6.95. The van der Waals surface area contributed by atoms with Crippen LogP contribution in [0.3, 0.4) is 0 Å². The molecule has 0 saturated heterocycles. The third-order valence-corrected chi connectivity index (χ3v) is 6.21. The highest BCUT2D eigenvalue weighted by Gasteiger charge is 2.23. The van der Waals surface area contributed by atoms with Gasteiger partial charge in [0, 0.05) is 29.6 Å². The lowest BCUT2D eigenvalue weighted by atomic mass is 10.1. The fourth-order valence-corrected chi connectivity index (χ4v) is 4.16. The lowest BCUT2D eigenvalue weighted by molar-refractivity contribution is -0.116. The highest BCUT2D eigenvalue weighted by Crippen LogP contribution is 2.33. The molecule has 5 rings (SSSR count). The Morgan fingerprint density at radius 1 is 1.00 bits per heavy atom. The number of fused-ring (bicyclic) bond motifs is 1. The standard InChI is InChI=1S/C30H28N4O4/c1-4-15-33(29(36)23-11-14-26-27(16-23)38-19-37-26)18-28(35)32-30-31-25(22-9-5-20(2)6-10-22)17-34(30)24-12-7-21(3)8-13-24/h4-14,16-17H,1,15,18-19H2,2-3H3,(H,31,32,35). The number of benzene rings is 3. The van der Waals surface area contributed by atoms with Gasteiger partial charge in [0.1, 0.15) is 6.54 Å². The lowest BCUT2D eigenvalue weighted by Crippen LogP contribution is -2.38. The van der Waals surface area contributed by atoms with Crippen LogP contribution in [0.2, 0.25) is 0 Å². The van der Waals surface area contributed by atoms with Crippen LogP contribution in [-0.4, -0.2) is 46.1 Å². The first kappa shape index (κ1) is 24.8. The molecule has 8 heteroatoms. The largest absolute Gasteiger partial charge is 0.454 e. The van der Waals surface area contributed by atoms with Crippen molar-refractivity contribution in [1.29, 1.82) is 0 Å².